The highest BCUT2D eigenvalue weighted by molar-refractivity contribution is 6.31. The highest BCUT2D eigenvalue weighted by atomic mass is 35.5. The van der Waals surface area contributed by atoms with E-state index in [1.54, 1.807) is 30.3 Å². The molecule has 0 fully saturated rings. The van der Waals surface area contributed by atoms with Crippen molar-refractivity contribution in [2.24, 2.45) is 5.73 Å². The Morgan fingerprint density at radius 3 is 2.48 bits per heavy atom. The van der Waals surface area contributed by atoms with Gasteiger partial charge in [0.05, 0.1) is 5.56 Å². The van der Waals surface area contributed by atoms with E-state index in [1.807, 2.05) is 0 Å². The fourth-order valence-electron chi connectivity index (χ4n) is 1.83. The molecule has 0 aliphatic heterocycles. The number of nitrogens with two attached hydrogens (primary N) is 2. The average molecular weight is 305 g/mol. The lowest BCUT2D eigenvalue weighted by molar-refractivity contribution is 0.0472. The molecular formula is C15H13ClN2O3. The molecule has 0 aliphatic rings. The van der Waals surface area contributed by atoms with Gasteiger partial charge in [-0.15, -0.1) is 0 Å². The summed E-state index contributed by atoms with van der Waals surface area (Å²) in [5, 5.41) is 0.433. The summed E-state index contributed by atoms with van der Waals surface area (Å²) < 4.78 is 5.16. The molecule has 2 aromatic carbocycles. The highest BCUT2D eigenvalue weighted by Gasteiger charge is 2.13. The lowest BCUT2D eigenvalue weighted by Crippen LogP contribution is -2.15. The van der Waals surface area contributed by atoms with Crippen molar-refractivity contribution in [1.82, 2.24) is 0 Å². The van der Waals surface area contributed by atoms with Crippen molar-refractivity contribution in [2.75, 3.05) is 5.73 Å². The summed E-state index contributed by atoms with van der Waals surface area (Å²) >= 11 is 5.77. The largest absolute Gasteiger partial charge is 0.457 e. The molecule has 2 rings (SSSR count). The van der Waals surface area contributed by atoms with Crippen LogP contribution in [0.5, 0.6) is 0 Å². The Labute approximate surface area is 126 Å². The van der Waals surface area contributed by atoms with E-state index >= 15 is 0 Å². The molecule has 4 N–H and O–H groups in total. The van der Waals surface area contributed by atoms with Gasteiger partial charge in [-0.05, 0) is 24.3 Å². The maximum absolute atomic E-state index is 12.0. The number of carbonyl (C=O) groups excluding carboxylic acids is 2. The number of halogens is 1. The van der Waals surface area contributed by atoms with E-state index in [1.165, 1.54) is 12.1 Å². The van der Waals surface area contributed by atoms with Gasteiger partial charge in [0.25, 0.3) is 0 Å². The number of carbonyl (C=O) groups is 2. The second-order valence-corrected chi connectivity index (χ2v) is 4.77. The van der Waals surface area contributed by atoms with Crippen molar-refractivity contribution in [1.29, 1.82) is 0 Å². The maximum Gasteiger partial charge on any atom is 0.340 e. The minimum absolute atomic E-state index is 0.0694. The van der Waals surface area contributed by atoms with Crippen molar-refractivity contribution in [3.05, 3.63) is 64.2 Å². The molecule has 0 saturated heterocycles. The number of hydrogen-bond acceptors (Lipinski definition) is 4. The molecule has 21 heavy (non-hydrogen) atoms. The van der Waals surface area contributed by atoms with Crippen LogP contribution in [-0.4, -0.2) is 11.9 Å². The Morgan fingerprint density at radius 1 is 1.10 bits per heavy atom. The van der Waals surface area contributed by atoms with Crippen molar-refractivity contribution in [3.8, 4) is 0 Å². The molecule has 6 heteroatoms. The van der Waals surface area contributed by atoms with Gasteiger partial charge >= 0.3 is 5.97 Å². The van der Waals surface area contributed by atoms with E-state index in [0.29, 0.717) is 16.1 Å². The van der Waals surface area contributed by atoms with Crippen LogP contribution in [0.25, 0.3) is 0 Å². The first-order valence-corrected chi connectivity index (χ1v) is 6.46. The number of esters is 1. The van der Waals surface area contributed by atoms with Gasteiger partial charge in [-0.25, -0.2) is 4.79 Å². The number of anilines is 1. The summed E-state index contributed by atoms with van der Waals surface area (Å²) in [6.45, 7) is -0.0694. The third kappa shape index (κ3) is 3.52. The number of ether oxygens (including phenoxy) is 1. The van der Waals surface area contributed by atoms with Crippen LogP contribution in [0.1, 0.15) is 26.3 Å². The molecule has 0 aliphatic carbocycles. The van der Waals surface area contributed by atoms with Gasteiger partial charge in [0.15, 0.2) is 0 Å². The Kier molecular flexibility index (Phi) is 4.45. The second-order valence-electron chi connectivity index (χ2n) is 4.33. The molecule has 108 valence electrons. The minimum Gasteiger partial charge on any atom is -0.457 e. The van der Waals surface area contributed by atoms with Gasteiger partial charge in [0, 0.05) is 21.8 Å². The standard InChI is InChI=1S/C15H13ClN2O3/c16-10-5-6-12(13(17)7-10)15(20)21-8-9-3-1-2-4-11(9)14(18)19/h1-7H,8,17H2,(H2,18,19). The summed E-state index contributed by atoms with van der Waals surface area (Å²) in [5.41, 5.74) is 12.3. The fraction of sp³-hybridized carbons (Fsp3) is 0.0667. The van der Waals surface area contributed by atoms with Crippen LogP contribution in [-0.2, 0) is 11.3 Å². The molecule has 0 heterocycles. The summed E-state index contributed by atoms with van der Waals surface area (Å²) in [7, 11) is 0. The molecule has 0 bridgehead atoms. The highest BCUT2D eigenvalue weighted by Crippen LogP contribution is 2.19. The smallest absolute Gasteiger partial charge is 0.340 e. The Hall–Kier alpha value is -2.53. The summed E-state index contributed by atoms with van der Waals surface area (Å²) in [5.74, 6) is -1.17. The van der Waals surface area contributed by atoms with E-state index in [4.69, 9.17) is 27.8 Å². The lowest BCUT2D eigenvalue weighted by Gasteiger charge is -2.09. The zero-order valence-electron chi connectivity index (χ0n) is 11.0. The number of primary amides is 1. The monoisotopic (exact) mass is 304 g/mol. The van der Waals surface area contributed by atoms with E-state index in [9.17, 15) is 9.59 Å². The molecule has 0 spiro atoms. The van der Waals surface area contributed by atoms with Gasteiger partial charge in [-0.1, -0.05) is 29.8 Å². The molecule has 0 atom stereocenters. The van der Waals surface area contributed by atoms with Crippen LogP contribution < -0.4 is 11.5 Å². The fourth-order valence-corrected chi connectivity index (χ4v) is 2.01. The minimum atomic E-state index is -0.594. The van der Waals surface area contributed by atoms with Crippen LogP contribution >= 0.6 is 11.6 Å². The van der Waals surface area contributed by atoms with Crippen molar-refractivity contribution in [3.63, 3.8) is 0 Å². The van der Waals surface area contributed by atoms with Crippen LogP contribution in [0.2, 0.25) is 5.02 Å². The predicted octanol–water partition coefficient (Wildman–Crippen LogP) is 2.38. The zero-order chi connectivity index (χ0) is 15.4. The second kappa shape index (κ2) is 6.28. The van der Waals surface area contributed by atoms with Crippen LogP contribution in [0, 0.1) is 0 Å². The average Bonchev–Trinajstić information content (AvgIpc) is 2.45. The number of amides is 1. The van der Waals surface area contributed by atoms with E-state index in [-0.39, 0.29) is 17.9 Å². The lowest BCUT2D eigenvalue weighted by atomic mass is 10.1. The predicted molar refractivity (Wildman–Crippen MR) is 79.9 cm³/mol. The van der Waals surface area contributed by atoms with E-state index < -0.39 is 11.9 Å². The van der Waals surface area contributed by atoms with Gasteiger partial charge in [-0.2, -0.15) is 0 Å². The number of hydrogen-bond donors (Lipinski definition) is 2. The topological polar surface area (TPSA) is 95.4 Å². The molecule has 2 aromatic rings. The Balaban J connectivity index is 2.13. The van der Waals surface area contributed by atoms with Crippen LogP contribution in [0.4, 0.5) is 5.69 Å². The van der Waals surface area contributed by atoms with Gasteiger partial charge in [-0.3, -0.25) is 4.79 Å². The van der Waals surface area contributed by atoms with E-state index in [0.717, 1.165) is 0 Å². The normalized spacial score (nSPS) is 10.1. The van der Waals surface area contributed by atoms with Crippen LogP contribution in [0.15, 0.2) is 42.5 Å². The third-order valence-electron chi connectivity index (χ3n) is 2.88. The number of rotatable bonds is 4. The quantitative estimate of drug-likeness (QED) is 0.669. The van der Waals surface area contributed by atoms with Crippen molar-refractivity contribution < 1.29 is 14.3 Å². The molecule has 0 radical (unpaired) electrons. The van der Waals surface area contributed by atoms with Crippen LogP contribution in [0.3, 0.4) is 0 Å². The molecule has 0 unspecified atom stereocenters. The number of nitrogen functional groups attached to an aromatic ring is 1. The molecule has 5 nitrogen and oxygen atoms in total. The maximum atomic E-state index is 12.0. The van der Waals surface area contributed by atoms with Crippen molar-refractivity contribution in [2.45, 2.75) is 6.61 Å². The summed E-state index contributed by atoms with van der Waals surface area (Å²) in [4.78, 5) is 23.2. The summed E-state index contributed by atoms with van der Waals surface area (Å²) in [6, 6.07) is 11.1. The molecule has 0 aromatic heterocycles. The third-order valence-corrected chi connectivity index (χ3v) is 3.11. The number of benzene rings is 2. The van der Waals surface area contributed by atoms with E-state index in [2.05, 4.69) is 0 Å². The van der Waals surface area contributed by atoms with Gasteiger partial charge < -0.3 is 16.2 Å². The van der Waals surface area contributed by atoms with Gasteiger partial charge in [0.2, 0.25) is 5.91 Å². The Bertz CT molecular complexity index is 701. The first-order chi connectivity index (χ1) is 9.99. The molecule has 1 amide bonds. The first-order valence-electron chi connectivity index (χ1n) is 6.09. The first kappa shape index (κ1) is 14.9. The Morgan fingerprint density at radius 2 is 1.81 bits per heavy atom. The molecule has 0 saturated carbocycles. The van der Waals surface area contributed by atoms with Crippen molar-refractivity contribution >= 4 is 29.2 Å². The zero-order valence-corrected chi connectivity index (χ0v) is 11.8. The SMILES string of the molecule is NC(=O)c1ccccc1COC(=O)c1ccc(Cl)cc1N. The van der Waals surface area contributed by atoms with Gasteiger partial charge in [0.1, 0.15) is 6.61 Å². The molecular weight excluding hydrogens is 292 g/mol. The summed E-state index contributed by atoms with van der Waals surface area (Å²) in [6.07, 6.45) is 0.